The first-order valence-corrected chi connectivity index (χ1v) is 8.18. The third-order valence-electron chi connectivity index (χ3n) is 3.41. The molecule has 0 aromatic heterocycles. The Balaban J connectivity index is 2.09. The van der Waals surface area contributed by atoms with Gasteiger partial charge in [-0.25, -0.2) is 0 Å². The van der Waals surface area contributed by atoms with Gasteiger partial charge in [-0.15, -0.1) is 0 Å². The molecule has 1 aliphatic heterocycles. The first kappa shape index (κ1) is 14.4. The molecule has 0 radical (unpaired) electrons. The van der Waals surface area contributed by atoms with Crippen LogP contribution in [0.1, 0.15) is 22.7 Å². The summed E-state index contributed by atoms with van der Waals surface area (Å²) in [6.07, 6.45) is 0.919. The molecule has 0 bridgehead atoms. The molecular formula is C15H12Br2ClNO. The molecule has 104 valence electrons. The minimum atomic E-state index is -0.306. The Morgan fingerprint density at radius 2 is 1.90 bits per heavy atom. The van der Waals surface area contributed by atoms with Crippen LogP contribution in [0, 0.1) is 0 Å². The van der Waals surface area contributed by atoms with Gasteiger partial charge in [-0.2, -0.15) is 0 Å². The van der Waals surface area contributed by atoms with Gasteiger partial charge < -0.3 is 10.5 Å². The Morgan fingerprint density at radius 1 is 1.10 bits per heavy atom. The van der Waals surface area contributed by atoms with Crippen LogP contribution in [0.2, 0.25) is 5.02 Å². The molecule has 2 nitrogen and oxygen atoms in total. The third kappa shape index (κ3) is 2.62. The molecule has 1 aliphatic rings. The fourth-order valence-electron chi connectivity index (χ4n) is 2.45. The molecule has 5 heteroatoms. The van der Waals surface area contributed by atoms with E-state index in [4.69, 9.17) is 22.1 Å². The van der Waals surface area contributed by atoms with E-state index >= 15 is 0 Å². The predicted molar refractivity (Wildman–Crippen MR) is 88.5 cm³/mol. The van der Waals surface area contributed by atoms with Crippen molar-refractivity contribution in [3.05, 3.63) is 61.0 Å². The van der Waals surface area contributed by atoms with Gasteiger partial charge in [0.1, 0.15) is 5.75 Å². The van der Waals surface area contributed by atoms with E-state index in [0.717, 1.165) is 32.2 Å². The van der Waals surface area contributed by atoms with Gasteiger partial charge in [0.25, 0.3) is 0 Å². The predicted octanol–water partition coefficient (Wildman–Crippen LogP) is 4.85. The zero-order valence-electron chi connectivity index (χ0n) is 10.5. The smallest absolute Gasteiger partial charge is 0.127 e. The monoisotopic (exact) mass is 415 g/mol. The number of hydrogen-bond acceptors (Lipinski definition) is 2. The second kappa shape index (κ2) is 5.68. The first-order chi connectivity index (χ1) is 9.56. The van der Waals surface area contributed by atoms with Gasteiger partial charge in [-0.05, 0) is 35.4 Å². The highest BCUT2D eigenvalue weighted by Crippen LogP contribution is 2.39. The number of nitrogens with two attached hydrogens (primary N) is 1. The summed E-state index contributed by atoms with van der Waals surface area (Å²) in [6, 6.07) is 9.53. The van der Waals surface area contributed by atoms with E-state index < -0.39 is 0 Å². The van der Waals surface area contributed by atoms with E-state index in [1.807, 2.05) is 24.3 Å². The molecule has 0 saturated heterocycles. The standard InChI is InChI=1S/C15H12Br2ClNO/c16-9-1-2-11(13(18)7-9)14(19)12-6-10(17)5-8-3-4-20-15(8)12/h1-2,5-7,14H,3-4,19H2. The molecule has 1 heterocycles. The Bertz CT molecular complexity index is 675. The number of rotatable bonds is 2. The number of benzene rings is 2. The van der Waals surface area contributed by atoms with Crippen LogP contribution < -0.4 is 10.5 Å². The third-order valence-corrected chi connectivity index (χ3v) is 4.69. The Labute approximate surface area is 139 Å². The lowest BCUT2D eigenvalue weighted by Crippen LogP contribution is -2.13. The largest absolute Gasteiger partial charge is 0.493 e. The SMILES string of the molecule is NC(c1ccc(Br)cc1Cl)c1cc(Br)cc2c1OCC2. The lowest BCUT2D eigenvalue weighted by molar-refractivity contribution is 0.352. The summed E-state index contributed by atoms with van der Waals surface area (Å²) in [5.74, 6) is 0.902. The second-order valence-corrected chi connectivity index (χ2v) is 6.96. The van der Waals surface area contributed by atoms with Crippen molar-refractivity contribution in [1.82, 2.24) is 0 Å². The van der Waals surface area contributed by atoms with Gasteiger partial charge in [0, 0.05) is 26.0 Å². The van der Waals surface area contributed by atoms with Crippen molar-refractivity contribution in [2.45, 2.75) is 12.5 Å². The molecule has 2 N–H and O–H groups in total. The highest BCUT2D eigenvalue weighted by atomic mass is 79.9. The van der Waals surface area contributed by atoms with Crippen molar-refractivity contribution in [2.75, 3.05) is 6.61 Å². The van der Waals surface area contributed by atoms with Crippen molar-refractivity contribution < 1.29 is 4.74 Å². The number of hydrogen-bond donors (Lipinski definition) is 1. The maximum atomic E-state index is 6.41. The topological polar surface area (TPSA) is 35.2 Å². The van der Waals surface area contributed by atoms with E-state index in [0.29, 0.717) is 11.6 Å². The fraction of sp³-hybridized carbons (Fsp3) is 0.200. The molecule has 1 unspecified atom stereocenters. The van der Waals surface area contributed by atoms with E-state index in [1.54, 1.807) is 0 Å². The van der Waals surface area contributed by atoms with Crippen molar-refractivity contribution in [3.63, 3.8) is 0 Å². The van der Waals surface area contributed by atoms with Gasteiger partial charge >= 0.3 is 0 Å². The van der Waals surface area contributed by atoms with Gasteiger partial charge in [0.15, 0.2) is 0 Å². The summed E-state index contributed by atoms with van der Waals surface area (Å²) < 4.78 is 7.69. The van der Waals surface area contributed by atoms with E-state index in [-0.39, 0.29) is 6.04 Å². The van der Waals surface area contributed by atoms with Gasteiger partial charge in [-0.1, -0.05) is 49.5 Å². The van der Waals surface area contributed by atoms with Crippen molar-refractivity contribution >= 4 is 43.5 Å². The molecule has 0 fully saturated rings. The lowest BCUT2D eigenvalue weighted by atomic mass is 9.96. The zero-order valence-corrected chi connectivity index (χ0v) is 14.4. The van der Waals surface area contributed by atoms with Crippen molar-refractivity contribution in [2.24, 2.45) is 5.73 Å². The molecule has 0 saturated carbocycles. The summed E-state index contributed by atoms with van der Waals surface area (Å²) in [6.45, 7) is 0.708. The van der Waals surface area contributed by atoms with Gasteiger partial charge in [-0.3, -0.25) is 0 Å². The highest BCUT2D eigenvalue weighted by molar-refractivity contribution is 9.10. The maximum absolute atomic E-state index is 6.41. The summed E-state index contributed by atoms with van der Waals surface area (Å²) in [7, 11) is 0. The van der Waals surface area contributed by atoms with Crippen molar-refractivity contribution in [3.8, 4) is 5.75 Å². The van der Waals surface area contributed by atoms with Crippen LogP contribution in [-0.2, 0) is 6.42 Å². The minimum Gasteiger partial charge on any atom is -0.493 e. The minimum absolute atomic E-state index is 0.306. The Morgan fingerprint density at radius 3 is 2.65 bits per heavy atom. The molecule has 0 aliphatic carbocycles. The molecule has 2 aromatic carbocycles. The summed E-state index contributed by atoms with van der Waals surface area (Å²) in [5, 5.41) is 0.651. The average molecular weight is 418 g/mol. The molecule has 0 amide bonds. The van der Waals surface area contributed by atoms with Crippen LogP contribution in [0.15, 0.2) is 39.3 Å². The molecule has 0 spiro atoms. The maximum Gasteiger partial charge on any atom is 0.127 e. The number of ether oxygens (including phenoxy) is 1. The molecule has 2 aromatic rings. The van der Waals surface area contributed by atoms with Crippen molar-refractivity contribution in [1.29, 1.82) is 0 Å². The van der Waals surface area contributed by atoms with Crippen LogP contribution in [0.5, 0.6) is 5.75 Å². The quantitative estimate of drug-likeness (QED) is 0.758. The summed E-state index contributed by atoms with van der Waals surface area (Å²) in [5.41, 5.74) is 9.46. The lowest BCUT2D eigenvalue weighted by Gasteiger charge is -2.18. The highest BCUT2D eigenvalue weighted by Gasteiger charge is 2.23. The van der Waals surface area contributed by atoms with E-state index in [9.17, 15) is 0 Å². The fourth-order valence-corrected chi connectivity index (χ4v) is 3.76. The van der Waals surface area contributed by atoms with E-state index in [1.165, 1.54) is 5.56 Å². The van der Waals surface area contributed by atoms with Crippen LogP contribution in [0.25, 0.3) is 0 Å². The average Bonchev–Trinajstić information content (AvgIpc) is 2.85. The number of fused-ring (bicyclic) bond motifs is 1. The molecule has 20 heavy (non-hydrogen) atoms. The van der Waals surface area contributed by atoms with Crippen LogP contribution in [0.4, 0.5) is 0 Å². The molecular weight excluding hydrogens is 405 g/mol. The summed E-state index contributed by atoms with van der Waals surface area (Å²) >= 11 is 13.2. The molecule has 1 atom stereocenters. The van der Waals surface area contributed by atoms with Gasteiger partial charge in [0.2, 0.25) is 0 Å². The Kier molecular flexibility index (Phi) is 4.09. The van der Waals surface area contributed by atoms with E-state index in [2.05, 4.69) is 37.9 Å². The van der Waals surface area contributed by atoms with Crippen LogP contribution in [-0.4, -0.2) is 6.61 Å². The molecule has 3 rings (SSSR count). The van der Waals surface area contributed by atoms with Crippen LogP contribution in [0.3, 0.4) is 0 Å². The first-order valence-electron chi connectivity index (χ1n) is 6.22. The zero-order chi connectivity index (χ0) is 14.3. The van der Waals surface area contributed by atoms with Crippen LogP contribution >= 0.6 is 43.5 Å². The second-order valence-electron chi connectivity index (χ2n) is 4.73. The number of halogens is 3. The summed E-state index contributed by atoms with van der Waals surface area (Å²) in [4.78, 5) is 0. The Hall–Kier alpha value is -0.550. The van der Waals surface area contributed by atoms with Gasteiger partial charge in [0.05, 0.1) is 12.6 Å². The normalized spacial score (nSPS) is 14.8.